The second-order valence-corrected chi connectivity index (χ2v) is 15.0. The zero-order valence-electron chi connectivity index (χ0n) is 30.6. The molecule has 0 aliphatic rings. The Morgan fingerprint density at radius 2 is 0.724 bits per heavy atom. The van der Waals surface area contributed by atoms with Crippen LogP contribution in [0.15, 0.2) is 167 Å². The normalized spacial score (nSPS) is 12.1. The van der Waals surface area contributed by atoms with Gasteiger partial charge < -0.3 is 18.0 Å². The van der Waals surface area contributed by atoms with Crippen molar-refractivity contribution in [1.29, 1.82) is 10.5 Å². The number of aromatic nitrogens is 2. The number of hydrogen-bond acceptors (Lipinski definition) is 4. The van der Waals surface area contributed by atoms with Crippen molar-refractivity contribution >= 4 is 109 Å². The maximum atomic E-state index is 11.1. The molecule has 9 aromatic carbocycles. The molecule has 58 heavy (non-hydrogen) atoms. The van der Waals surface area contributed by atoms with E-state index in [0.717, 1.165) is 109 Å². The third kappa shape index (κ3) is 3.88. The van der Waals surface area contributed by atoms with Gasteiger partial charge in [-0.25, -0.2) is 0 Å². The summed E-state index contributed by atoms with van der Waals surface area (Å²) >= 11 is 0. The summed E-state index contributed by atoms with van der Waals surface area (Å²) < 4.78 is 17.1. The third-order valence-corrected chi connectivity index (χ3v) is 12.2. The van der Waals surface area contributed by atoms with Gasteiger partial charge in [-0.1, -0.05) is 97.1 Å². The monoisotopic (exact) mass is 738 g/mol. The molecular formula is C52H26N4O2. The molecule has 0 amide bonds. The minimum Gasteiger partial charge on any atom is -0.456 e. The van der Waals surface area contributed by atoms with Gasteiger partial charge in [0.15, 0.2) is 0 Å². The third-order valence-electron chi connectivity index (χ3n) is 12.2. The van der Waals surface area contributed by atoms with E-state index in [1.54, 1.807) is 0 Å². The fourth-order valence-corrected chi connectivity index (χ4v) is 9.81. The van der Waals surface area contributed by atoms with Gasteiger partial charge in [-0.15, -0.1) is 0 Å². The predicted molar refractivity (Wildman–Crippen MR) is 234 cm³/mol. The first-order valence-corrected chi connectivity index (χ1v) is 19.2. The molecule has 0 aliphatic heterocycles. The average molecular weight is 739 g/mol. The van der Waals surface area contributed by atoms with E-state index in [-0.39, 0.29) is 0 Å². The molecule has 4 heterocycles. The van der Waals surface area contributed by atoms with Gasteiger partial charge in [-0.05, 0) is 82.2 Å². The van der Waals surface area contributed by atoms with Crippen LogP contribution in [0.5, 0.6) is 0 Å². The Labute approximate surface area is 328 Å². The van der Waals surface area contributed by atoms with Gasteiger partial charge in [0.1, 0.15) is 34.5 Å². The molecule has 0 unspecified atom stereocenters. The van der Waals surface area contributed by atoms with Gasteiger partial charge in [0.25, 0.3) is 0 Å². The van der Waals surface area contributed by atoms with E-state index in [2.05, 4.69) is 118 Å². The standard InChI is InChI=1S/C52H26N4O2/c53-27-31-26-42(56-38-20-18-30-10-2-4-12-34(30)48(38)52-40(56)22-24-46-50(52)36-14-6-8-16-44(36)58-46)32(28-54)25-41(31)55-37-19-17-29-9-1-3-11-33(29)47(37)51-39(55)21-23-45-49(51)35-13-5-7-15-43(35)57-45/h1-26H. The van der Waals surface area contributed by atoms with Crippen molar-refractivity contribution in [1.82, 2.24) is 9.13 Å². The molecule has 13 rings (SSSR count). The Morgan fingerprint density at radius 3 is 1.17 bits per heavy atom. The first-order valence-electron chi connectivity index (χ1n) is 19.2. The average Bonchev–Trinajstić information content (AvgIpc) is 4.03. The van der Waals surface area contributed by atoms with Gasteiger partial charge in [0.05, 0.1) is 44.6 Å². The highest BCUT2D eigenvalue weighted by Crippen LogP contribution is 2.47. The summed E-state index contributed by atoms with van der Waals surface area (Å²) in [5.41, 5.74) is 9.15. The van der Waals surface area contributed by atoms with E-state index in [1.807, 2.05) is 60.7 Å². The number of benzene rings is 9. The van der Waals surface area contributed by atoms with Crippen LogP contribution in [0.2, 0.25) is 0 Å². The van der Waals surface area contributed by atoms with E-state index in [0.29, 0.717) is 22.5 Å². The van der Waals surface area contributed by atoms with Crippen molar-refractivity contribution in [2.24, 2.45) is 0 Å². The predicted octanol–water partition coefficient (Wildman–Crippen LogP) is 13.7. The van der Waals surface area contributed by atoms with Gasteiger partial charge >= 0.3 is 0 Å². The fraction of sp³-hybridized carbons (Fsp3) is 0. The molecule has 0 saturated heterocycles. The number of furan rings is 2. The fourth-order valence-electron chi connectivity index (χ4n) is 9.81. The Bertz CT molecular complexity index is 3800. The number of nitrogens with zero attached hydrogens (tertiary/aromatic N) is 4. The van der Waals surface area contributed by atoms with Crippen LogP contribution in [-0.4, -0.2) is 9.13 Å². The van der Waals surface area contributed by atoms with Gasteiger partial charge in [0, 0.05) is 43.1 Å². The highest BCUT2D eigenvalue weighted by Gasteiger charge is 2.26. The van der Waals surface area contributed by atoms with Crippen LogP contribution < -0.4 is 0 Å². The number of para-hydroxylation sites is 2. The first kappa shape index (κ1) is 30.9. The maximum absolute atomic E-state index is 11.1. The number of hydrogen-bond donors (Lipinski definition) is 0. The highest BCUT2D eigenvalue weighted by atomic mass is 16.3. The molecule has 0 radical (unpaired) electrons. The van der Waals surface area contributed by atoms with E-state index >= 15 is 0 Å². The molecule has 0 spiro atoms. The quantitative estimate of drug-likeness (QED) is 0.177. The smallest absolute Gasteiger partial charge is 0.136 e. The van der Waals surface area contributed by atoms with Crippen molar-refractivity contribution in [2.75, 3.05) is 0 Å². The molecule has 0 N–H and O–H groups in total. The minimum atomic E-state index is 0.448. The molecule has 4 aromatic heterocycles. The summed E-state index contributed by atoms with van der Waals surface area (Å²) in [5, 5.41) is 35.0. The summed E-state index contributed by atoms with van der Waals surface area (Å²) in [5.74, 6) is 0. The van der Waals surface area contributed by atoms with Crippen molar-refractivity contribution in [3.63, 3.8) is 0 Å². The molecule has 0 aliphatic carbocycles. The van der Waals surface area contributed by atoms with Crippen LogP contribution in [0.1, 0.15) is 11.1 Å². The molecule has 0 saturated carbocycles. The maximum Gasteiger partial charge on any atom is 0.136 e. The summed E-state index contributed by atoms with van der Waals surface area (Å²) in [7, 11) is 0. The van der Waals surface area contributed by atoms with Gasteiger partial charge in [-0.3, -0.25) is 0 Å². The van der Waals surface area contributed by atoms with E-state index < -0.39 is 0 Å². The lowest BCUT2D eigenvalue weighted by Gasteiger charge is -2.16. The molecule has 6 heteroatoms. The second-order valence-electron chi connectivity index (χ2n) is 15.0. The summed E-state index contributed by atoms with van der Waals surface area (Å²) in [6.45, 7) is 0. The Kier molecular flexibility index (Phi) is 5.94. The van der Waals surface area contributed by atoms with Crippen LogP contribution in [0.25, 0.3) is 120 Å². The Hall–Kier alpha value is -8.32. The van der Waals surface area contributed by atoms with Crippen molar-refractivity contribution < 1.29 is 8.83 Å². The van der Waals surface area contributed by atoms with Crippen molar-refractivity contribution in [3.05, 3.63) is 169 Å². The van der Waals surface area contributed by atoms with Gasteiger partial charge in [0.2, 0.25) is 0 Å². The topological polar surface area (TPSA) is 83.7 Å². The van der Waals surface area contributed by atoms with Crippen LogP contribution in [0.4, 0.5) is 0 Å². The molecular weight excluding hydrogens is 713 g/mol. The van der Waals surface area contributed by atoms with Crippen LogP contribution >= 0.6 is 0 Å². The Balaban J connectivity index is 1.17. The van der Waals surface area contributed by atoms with Crippen LogP contribution in [-0.2, 0) is 0 Å². The van der Waals surface area contributed by atoms with E-state index in [1.165, 1.54) is 0 Å². The van der Waals surface area contributed by atoms with E-state index in [9.17, 15) is 10.5 Å². The second kappa shape index (κ2) is 11.1. The van der Waals surface area contributed by atoms with Crippen LogP contribution in [0.3, 0.4) is 0 Å². The zero-order chi connectivity index (χ0) is 38.2. The lowest BCUT2D eigenvalue weighted by molar-refractivity contribution is 0.669. The zero-order valence-corrected chi connectivity index (χ0v) is 30.6. The lowest BCUT2D eigenvalue weighted by atomic mass is 10.0. The highest BCUT2D eigenvalue weighted by molar-refractivity contribution is 6.34. The summed E-state index contributed by atoms with van der Waals surface area (Å²) in [4.78, 5) is 0. The molecule has 6 nitrogen and oxygen atoms in total. The summed E-state index contributed by atoms with van der Waals surface area (Å²) in [6, 6.07) is 58.7. The molecule has 266 valence electrons. The first-order chi connectivity index (χ1) is 28.7. The van der Waals surface area contributed by atoms with Crippen molar-refractivity contribution in [2.45, 2.75) is 0 Å². The molecule has 0 fully saturated rings. The van der Waals surface area contributed by atoms with E-state index in [4.69, 9.17) is 8.83 Å². The van der Waals surface area contributed by atoms with Crippen LogP contribution in [0, 0.1) is 22.7 Å². The van der Waals surface area contributed by atoms with Crippen molar-refractivity contribution in [3.8, 4) is 23.5 Å². The molecule has 13 aromatic rings. The summed E-state index contributed by atoms with van der Waals surface area (Å²) in [6.07, 6.45) is 0. The molecule has 0 bridgehead atoms. The SMILES string of the molecule is N#Cc1cc(-n2c3ccc4ccccc4c3c3c4c(ccc32)oc2ccccc24)c(C#N)cc1-n1c2ccc3ccccc3c2c2c3c(ccc21)oc1ccccc13. The lowest BCUT2D eigenvalue weighted by Crippen LogP contribution is -2.04. The number of nitriles is 2. The number of fused-ring (bicyclic) bond motifs is 18. The number of rotatable bonds is 2. The minimum absolute atomic E-state index is 0.448. The Morgan fingerprint density at radius 1 is 0.345 bits per heavy atom. The largest absolute Gasteiger partial charge is 0.456 e. The van der Waals surface area contributed by atoms with Gasteiger partial charge in [-0.2, -0.15) is 10.5 Å². The molecule has 0 atom stereocenters.